The molecule has 0 fully saturated rings. The van der Waals surface area contributed by atoms with Crippen LogP contribution in [0.3, 0.4) is 0 Å². The topological polar surface area (TPSA) is 37.3 Å². The zero-order chi connectivity index (χ0) is 24.4. The molecule has 5 rings (SSSR count). The predicted octanol–water partition coefficient (Wildman–Crippen LogP) is 7.93. The van der Waals surface area contributed by atoms with E-state index in [-0.39, 0.29) is 17.1 Å². The lowest BCUT2D eigenvalue weighted by Gasteiger charge is -2.28. The van der Waals surface area contributed by atoms with Gasteiger partial charge in [-0.2, -0.15) is 0 Å². The standard InChI is InChI=1S/C32H23IO2/c1-22-27(23-14-6-2-7-15-23)29(24-16-8-3-9-17-24)30(34)28(22)31(35)32(33,25-18-10-4-11-19-25)26-20-12-5-13-21-26/h2-21,34H,1H2. The summed E-state index contributed by atoms with van der Waals surface area (Å²) < 4.78 is -1.04. The smallest absolute Gasteiger partial charge is 0.191 e. The van der Waals surface area contributed by atoms with Crippen molar-refractivity contribution >= 4 is 39.5 Å². The summed E-state index contributed by atoms with van der Waals surface area (Å²) in [7, 11) is 0. The molecule has 0 atom stereocenters. The Morgan fingerprint density at radius 3 is 1.43 bits per heavy atom. The number of aliphatic hydroxyl groups is 1. The minimum Gasteiger partial charge on any atom is -0.506 e. The molecular formula is C32H23IO2. The summed E-state index contributed by atoms with van der Waals surface area (Å²) in [6.45, 7) is 4.34. The van der Waals surface area contributed by atoms with E-state index >= 15 is 0 Å². The number of allylic oxidation sites excluding steroid dienone is 4. The molecule has 0 radical (unpaired) electrons. The van der Waals surface area contributed by atoms with E-state index in [1.165, 1.54) is 0 Å². The Morgan fingerprint density at radius 1 is 0.629 bits per heavy atom. The molecular weight excluding hydrogens is 543 g/mol. The summed E-state index contributed by atoms with van der Waals surface area (Å²) in [5.74, 6) is -0.227. The molecule has 3 heteroatoms. The van der Waals surface area contributed by atoms with Crippen LogP contribution in [0.25, 0.3) is 11.1 Å². The van der Waals surface area contributed by atoms with Crippen LogP contribution in [0.15, 0.2) is 145 Å². The summed E-state index contributed by atoms with van der Waals surface area (Å²) in [4.78, 5) is 14.5. The monoisotopic (exact) mass is 566 g/mol. The number of hydrogen-bond acceptors (Lipinski definition) is 2. The highest BCUT2D eigenvalue weighted by Gasteiger charge is 2.45. The highest BCUT2D eigenvalue weighted by atomic mass is 127. The van der Waals surface area contributed by atoms with Gasteiger partial charge in [0.2, 0.25) is 0 Å². The fourth-order valence-corrected chi connectivity index (χ4v) is 5.64. The third kappa shape index (κ3) is 3.96. The van der Waals surface area contributed by atoms with Gasteiger partial charge in [-0.3, -0.25) is 4.79 Å². The van der Waals surface area contributed by atoms with Gasteiger partial charge >= 0.3 is 0 Å². The van der Waals surface area contributed by atoms with Crippen molar-refractivity contribution in [2.45, 2.75) is 3.42 Å². The van der Waals surface area contributed by atoms with Gasteiger partial charge in [-0.05, 0) is 27.8 Å². The van der Waals surface area contributed by atoms with Crippen LogP contribution in [0.4, 0.5) is 0 Å². The SMILES string of the molecule is C=C1C(C(=O)C(I)(c2ccccc2)c2ccccc2)=C(O)C(c2ccccc2)=C1c1ccccc1. The number of alkyl halides is 1. The highest BCUT2D eigenvalue weighted by Crippen LogP contribution is 2.50. The first-order valence-corrected chi connectivity index (χ1v) is 12.4. The maximum atomic E-state index is 14.5. The molecule has 0 bridgehead atoms. The number of carbonyl (C=O) groups is 1. The van der Waals surface area contributed by atoms with Crippen molar-refractivity contribution in [3.63, 3.8) is 0 Å². The second-order valence-corrected chi connectivity index (χ2v) is 10.0. The second kappa shape index (κ2) is 9.51. The number of carbonyl (C=O) groups excluding carboxylic acids is 1. The number of rotatable bonds is 6. The Bertz CT molecular complexity index is 1410. The molecule has 35 heavy (non-hydrogen) atoms. The molecule has 4 aromatic rings. The molecule has 0 aromatic heterocycles. The zero-order valence-corrected chi connectivity index (χ0v) is 21.1. The van der Waals surface area contributed by atoms with Gasteiger partial charge in [0.05, 0.1) is 5.57 Å². The van der Waals surface area contributed by atoms with Gasteiger partial charge in [-0.15, -0.1) is 0 Å². The molecule has 0 spiro atoms. The molecule has 0 aliphatic heterocycles. The van der Waals surface area contributed by atoms with Crippen LogP contribution >= 0.6 is 22.6 Å². The third-order valence-corrected chi connectivity index (χ3v) is 8.07. The first-order chi connectivity index (χ1) is 17.0. The van der Waals surface area contributed by atoms with Crippen molar-refractivity contribution < 1.29 is 9.90 Å². The molecule has 0 heterocycles. The number of benzene rings is 4. The van der Waals surface area contributed by atoms with Crippen molar-refractivity contribution in [2.75, 3.05) is 0 Å². The maximum absolute atomic E-state index is 14.5. The van der Waals surface area contributed by atoms with Crippen molar-refractivity contribution in [3.8, 4) is 0 Å². The largest absolute Gasteiger partial charge is 0.506 e. The van der Waals surface area contributed by atoms with Gasteiger partial charge in [0.25, 0.3) is 0 Å². The molecule has 170 valence electrons. The minimum atomic E-state index is -1.04. The molecule has 1 aliphatic rings. The van der Waals surface area contributed by atoms with E-state index < -0.39 is 3.42 Å². The molecule has 0 saturated heterocycles. The van der Waals surface area contributed by atoms with E-state index in [2.05, 4.69) is 29.2 Å². The summed E-state index contributed by atoms with van der Waals surface area (Å²) in [5, 5.41) is 11.7. The molecule has 0 unspecified atom stereocenters. The zero-order valence-electron chi connectivity index (χ0n) is 19.0. The average molecular weight is 566 g/mol. The number of ketones is 1. The Kier molecular flexibility index (Phi) is 6.27. The number of hydrogen-bond donors (Lipinski definition) is 1. The van der Waals surface area contributed by atoms with Crippen LogP contribution in [0.2, 0.25) is 0 Å². The quantitative estimate of drug-likeness (QED) is 0.190. The summed E-state index contributed by atoms with van der Waals surface area (Å²) >= 11 is 2.23. The summed E-state index contributed by atoms with van der Waals surface area (Å²) in [6, 6.07) is 38.9. The van der Waals surface area contributed by atoms with E-state index in [1.807, 2.05) is 121 Å². The molecule has 2 nitrogen and oxygen atoms in total. The first-order valence-electron chi connectivity index (χ1n) is 11.4. The first kappa shape index (κ1) is 23.1. The van der Waals surface area contributed by atoms with E-state index in [1.54, 1.807) is 0 Å². The van der Waals surface area contributed by atoms with Gasteiger partial charge in [-0.25, -0.2) is 0 Å². The summed E-state index contributed by atoms with van der Waals surface area (Å²) in [5.41, 5.74) is 5.63. The van der Waals surface area contributed by atoms with E-state index in [0.29, 0.717) is 11.1 Å². The Morgan fingerprint density at radius 2 is 1.00 bits per heavy atom. The van der Waals surface area contributed by atoms with Gasteiger partial charge < -0.3 is 5.11 Å². The average Bonchev–Trinajstić information content (AvgIpc) is 3.19. The maximum Gasteiger partial charge on any atom is 0.191 e. The van der Waals surface area contributed by atoms with Gasteiger partial charge in [0.1, 0.15) is 9.18 Å². The molecule has 0 amide bonds. The molecule has 1 N–H and O–H groups in total. The minimum absolute atomic E-state index is 0.0297. The van der Waals surface area contributed by atoms with Crippen LogP contribution in [0, 0.1) is 0 Å². The van der Waals surface area contributed by atoms with E-state index in [4.69, 9.17) is 0 Å². The lowest BCUT2D eigenvalue weighted by molar-refractivity contribution is -0.116. The molecule has 1 aliphatic carbocycles. The van der Waals surface area contributed by atoms with Crippen molar-refractivity contribution in [3.05, 3.63) is 167 Å². The van der Waals surface area contributed by atoms with Crippen molar-refractivity contribution in [1.82, 2.24) is 0 Å². The predicted molar refractivity (Wildman–Crippen MR) is 151 cm³/mol. The third-order valence-electron chi connectivity index (χ3n) is 6.34. The lowest BCUT2D eigenvalue weighted by Crippen LogP contribution is -2.32. The van der Waals surface area contributed by atoms with Crippen molar-refractivity contribution in [2.24, 2.45) is 0 Å². The van der Waals surface area contributed by atoms with Gasteiger partial charge in [-0.1, -0.05) is 150 Å². The Labute approximate surface area is 219 Å². The number of halogens is 1. The molecule has 4 aromatic carbocycles. The Balaban J connectivity index is 1.73. The number of aliphatic hydroxyl groups excluding tert-OH is 1. The lowest BCUT2D eigenvalue weighted by atomic mass is 9.82. The fraction of sp³-hybridized carbons (Fsp3) is 0.0312. The second-order valence-electron chi connectivity index (χ2n) is 8.40. The highest BCUT2D eigenvalue weighted by molar-refractivity contribution is 14.1. The molecule has 0 saturated carbocycles. The van der Waals surface area contributed by atoms with Crippen LogP contribution in [0.1, 0.15) is 22.3 Å². The normalized spacial score (nSPS) is 13.9. The van der Waals surface area contributed by atoms with E-state index in [0.717, 1.165) is 27.8 Å². The fourth-order valence-electron chi connectivity index (χ4n) is 4.65. The van der Waals surface area contributed by atoms with Crippen LogP contribution in [-0.4, -0.2) is 10.9 Å². The van der Waals surface area contributed by atoms with Gasteiger partial charge in [0, 0.05) is 11.1 Å². The van der Waals surface area contributed by atoms with Gasteiger partial charge in [0.15, 0.2) is 5.78 Å². The van der Waals surface area contributed by atoms with Crippen molar-refractivity contribution in [1.29, 1.82) is 0 Å². The Hall–Kier alpha value is -3.70. The van der Waals surface area contributed by atoms with E-state index in [9.17, 15) is 9.90 Å². The van der Waals surface area contributed by atoms with Crippen LogP contribution in [0.5, 0.6) is 0 Å². The van der Waals surface area contributed by atoms with Crippen LogP contribution in [-0.2, 0) is 8.22 Å². The van der Waals surface area contributed by atoms with Crippen LogP contribution < -0.4 is 0 Å². The number of Topliss-reactive ketones (excluding diaryl/α,β-unsaturated/α-hetero) is 1. The summed E-state index contributed by atoms with van der Waals surface area (Å²) in [6.07, 6.45) is 0.